The molecule has 1 unspecified atom stereocenters. The minimum Gasteiger partial charge on any atom is -0.349 e. The summed E-state index contributed by atoms with van der Waals surface area (Å²) < 4.78 is 38.9. The zero-order valence-corrected chi connectivity index (χ0v) is 12.0. The Labute approximate surface area is 125 Å². The van der Waals surface area contributed by atoms with Crippen LogP contribution in [0.4, 0.5) is 13.2 Å². The van der Waals surface area contributed by atoms with Gasteiger partial charge in [0.1, 0.15) is 5.82 Å². The molecule has 0 bridgehead atoms. The molecule has 0 aliphatic heterocycles. The first-order valence-electron chi connectivity index (χ1n) is 6.60. The molecule has 1 heterocycles. The average Bonchev–Trinajstić information content (AvgIpc) is 2.82. The van der Waals surface area contributed by atoms with Gasteiger partial charge in [-0.05, 0) is 25.5 Å². The van der Waals surface area contributed by atoms with E-state index in [9.17, 15) is 18.0 Å². The fraction of sp³-hybridized carbons (Fsp3) is 0.357. The molecular weight excluding hydrogens is 297 g/mol. The predicted molar refractivity (Wildman–Crippen MR) is 72.8 cm³/mol. The number of halogens is 3. The molecule has 8 heteroatoms. The maximum absolute atomic E-state index is 13.0. The first kappa shape index (κ1) is 16.0. The number of rotatable bonds is 4. The van der Waals surface area contributed by atoms with E-state index in [0.29, 0.717) is 11.6 Å². The van der Waals surface area contributed by atoms with Gasteiger partial charge in [-0.15, -0.1) is 0 Å². The van der Waals surface area contributed by atoms with Crippen LogP contribution in [-0.2, 0) is 17.4 Å². The van der Waals surface area contributed by atoms with Crippen molar-refractivity contribution in [1.29, 1.82) is 0 Å². The highest BCUT2D eigenvalue weighted by molar-refractivity contribution is 5.78. The van der Waals surface area contributed by atoms with E-state index < -0.39 is 23.7 Å². The normalized spacial score (nSPS) is 13.0. The van der Waals surface area contributed by atoms with Crippen LogP contribution in [0.3, 0.4) is 0 Å². The van der Waals surface area contributed by atoms with Crippen molar-refractivity contribution < 1.29 is 18.0 Å². The number of H-pyrrole nitrogens is 1. The third-order valence-electron chi connectivity index (χ3n) is 3.07. The molecule has 2 rings (SSSR count). The molecule has 1 atom stereocenters. The van der Waals surface area contributed by atoms with Crippen LogP contribution < -0.4 is 5.32 Å². The molecule has 5 nitrogen and oxygen atoms in total. The van der Waals surface area contributed by atoms with Gasteiger partial charge in [-0.2, -0.15) is 18.3 Å². The highest BCUT2D eigenvalue weighted by atomic mass is 19.4. The van der Waals surface area contributed by atoms with E-state index in [1.807, 2.05) is 0 Å². The summed E-state index contributed by atoms with van der Waals surface area (Å²) in [5.41, 5.74) is -0.731. The monoisotopic (exact) mass is 312 g/mol. The standard InChI is InChI=1S/C14H15F3N4O/c1-8(10-5-3-4-6-11(10)14(15,16)17)18-13(22)7-12-19-9(2)20-21-12/h3-6,8H,7H2,1-2H3,(H,18,22)(H,19,20,21). The molecule has 0 aliphatic carbocycles. The number of benzene rings is 1. The van der Waals surface area contributed by atoms with Crippen molar-refractivity contribution in [1.82, 2.24) is 20.5 Å². The SMILES string of the molecule is Cc1nc(CC(=O)NC(C)c2ccccc2C(F)(F)F)n[nH]1. The Kier molecular flexibility index (Phi) is 4.48. The zero-order valence-electron chi connectivity index (χ0n) is 12.0. The van der Waals surface area contributed by atoms with Crippen LogP contribution >= 0.6 is 0 Å². The molecule has 0 saturated heterocycles. The third-order valence-corrected chi connectivity index (χ3v) is 3.07. The van der Waals surface area contributed by atoms with Crippen molar-refractivity contribution in [2.75, 3.05) is 0 Å². The molecule has 2 aromatic rings. The molecule has 2 N–H and O–H groups in total. The van der Waals surface area contributed by atoms with Crippen molar-refractivity contribution >= 4 is 5.91 Å². The van der Waals surface area contributed by atoms with Gasteiger partial charge in [0, 0.05) is 0 Å². The minimum atomic E-state index is -4.46. The van der Waals surface area contributed by atoms with Gasteiger partial charge in [0.2, 0.25) is 5.91 Å². The number of alkyl halides is 3. The number of hydrogen-bond acceptors (Lipinski definition) is 3. The fourth-order valence-corrected chi connectivity index (χ4v) is 2.11. The van der Waals surface area contributed by atoms with Gasteiger partial charge in [-0.1, -0.05) is 18.2 Å². The summed E-state index contributed by atoms with van der Waals surface area (Å²) in [4.78, 5) is 15.9. The molecule has 22 heavy (non-hydrogen) atoms. The highest BCUT2D eigenvalue weighted by Gasteiger charge is 2.34. The van der Waals surface area contributed by atoms with Crippen LogP contribution in [0, 0.1) is 6.92 Å². The molecule has 0 aliphatic rings. The summed E-state index contributed by atoms with van der Waals surface area (Å²) in [6, 6.07) is 4.40. The topological polar surface area (TPSA) is 70.7 Å². The van der Waals surface area contributed by atoms with Gasteiger partial charge in [-0.25, -0.2) is 4.98 Å². The van der Waals surface area contributed by atoms with Crippen molar-refractivity contribution in [3.63, 3.8) is 0 Å². The van der Waals surface area contributed by atoms with E-state index in [0.717, 1.165) is 6.07 Å². The molecule has 0 radical (unpaired) electrons. The Morgan fingerprint density at radius 2 is 2.05 bits per heavy atom. The van der Waals surface area contributed by atoms with Gasteiger partial charge in [-0.3, -0.25) is 9.89 Å². The van der Waals surface area contributed by atoms with Crippen molar-refractivity contribution in [2.24, 2.45) is 0 Å². The first-order valence-corrected chi connectivity index (χ1v) is 6.60. The molecule has 0 saturated carbocycles. The van der Waals surface area contributed by atoms with E-state index in [2.05, 4.69) is 20.5 Å². The van der Waals surface area contributed by atoms with Gasteiger partial charge in [0.05, 0.1) is 18.0 Å². The third kappa shape index (κ3) is 3.84. The Bertz CT molecular complexity index is 666. The molecule has 0 spiro atoms. The van der Waals surface area contributed by atoms with Crippen LogP contribution in [-0.4, -0.2) is 21.1 Å². The number of aryl methyl sites for hydroxylation is 1. The van der Waals surface area contributed by atoms with E-state index in [4.69, 9.17) is 0 Å². The zero-order chi connectivity index (χ0) is 16.3. The van der Waals surface area contributed by atoms with E-state index in [-0.39, 0.29) is 12.0 Å². The summed E-state index contributed by atoms with van der Waals surface area (Å²) in [7, 11) is 0. The van der Waals surface area contributed by atoms with E-state index >= 15 is 0 Å². The number of amides is 1. The van der Waals surface area contributed by atoms with Crippen molar-refractivity contribution in [3.05, 3.63) is 47.0 Å². The van der Waals surface area contributed by atoms with Crippen LogP contribution in [0.15, 0.2) is 24.3 Å². The second-order valence-corrected chi connectivity index (χ2v) is 4.89. The minimum absolute atomic E-state index is 0.0227. The second kappa shape index (κ2) is 6.17. The first-order chi connectivity index (χ1) is 10.3. The molecule has 0 fully saturated rings. The number of aromatic amines is 1. The Hall–Kier alpha value is -2.38. The molecule has 1 amide bonds. The van der Waals surface area contributed by atoms with Gasteiger partial charge in [0.15, 0.2) is 5.82 Å². The van der Waals surface area contributed by atoms with Crippen LogP contribution in [0.1, 0.15) is 35.7 Å². The second-order valence-electron chi connectivity index (χ2n) is 4.89. The Morgan fingerprint density at radius 1 is 1.36 bits per heavy atom. The predicted octanol–water partition coefficient (Wildman–Crippen LogP) is 2.55. The maximum atomic E-state index is 13.0. The Balaban J connectivity index is 2.09. The molecule has 1 aromatic carbocycles. The van der Waals surface area contributed by atoms with Crippen molar-refractivity contribution in [3.8, 4) is 0 Å². The summed E-state index contributed by atoms with van der Waals surface area (Å²) in [5.74, 6) is 0.424. The molecular formula is C14H15F3N4O. The molecule has 1 aromatic heterocycles. The summed E-state index contributed by atoms with van der Waals surface area (Å²) in [6.45, 7) is 3.20. The number of carbonyl (C=O) groups is 1. The largest absolute Gasteiger partial charge is 0.416 e. The number of nitrogens with one attached hydrogen (secondary N) is 2. The lowest BCUT2D eigenvalue weighted by Crippen LogP contribution is -2.29. The number of aromatic nitrogens is 3. The smallest absolute Gasteiger partial charge is 0.349 e. The average molecular weight is 312 g/mol. The summed E-state index contributed by atoms with van der Waals surface area (Å²) in [5, 5.41) is 8.95. The summed E-state index contributed by atoms with van der Waals surface area (Å²) >= 11 is 0. The van der Waals surface area contributed by atoms with Gasteiger partial charge in [0.25, 0.3) is 0 Å². The van der Waals surface area contributed by atoms with Crippen LogP contribution in [0.5, 0.6) is 0 Å². The lowest BCUT2D eigenvalue weighted by molar-refractivity contribution is -0.138. The van der Waals surface area contributed by atoms with Crippen LogP contribution in [0.2, 0.25) is 0 Å². The number of nitrogens with zero attached hydrogens (tertiary/aromatic N) is 2. The Morgan fingerprint density at radius 3 is 2.64 bits per heavy atom. The highest BCUT2D eigenvalue weighted by Crippen LogP contribution is 2.34. The fourth-order valence-electron chi connectivity index (χ4n) is 2.11. The maximum Gasteiger partial charge on any atom is 0.416 e. The van der Waals surface area contributed by atoms with Crippen LogP contribution in [0.25, 0.3) is 0 Å². The van der Waals surface area contributed by atoms with E-state index in [1.165, 1.54) is 25.1 Å². The quantitative estimate of drug-likeness (QED) is 0.911. The van der Waals surface area contributed by atoms with Gasteiger partial charge < -0.3 is 5.32 Å². The lowest BCUT2D eigenvalue weighted by Gasteiger charge is -2.19. The number of hydrogen-bond donors (Lipinski definition) is 2. The van der Waals surface area contributed by atoms with Gasteiger partial charge >= 0.3 is 6.18 Å². The summed E-state index contributed by atoms with van der Waals surface area (Å²) in [6.07, 6.45) is -4.56. The van der Waals surface area contributed by atoms with E-state index in [1.54, 1.807) is 6.92 Å². The number of carbonyl (C=O) groups excluding carboxylic acids is 1. The lowest BCUT2D eigenvalue weighted by atomic mass is 10.0. The van der Waals surface area contributed by atoms with Crippen molar-refractivity contribution in [2.45, 2.75) is 32.5 Å². The molecule has 118 valence electrons.